The number of benzene rings is 1. The average Bonchev–Trinajstić information content (AvgIpc) is 3.48. The molecule has 31 heavy (non-hydrogen) atoms. The van der Waals surface area contributed by atoms with Gasteiger partial charge in [0, 0.05) is 38.4 Å². The van der Waals surface area contributed by atoms with Crippen molar-refractivity contribution in [3.8, 4) is 11.4 Å². The van der Waals surface area contributed by atoms with E-state index in [-0.39, 0.29) is 12.2 Å². The van der Waals surface area contributed by atoms with Gasteiger partial charge in [0.15, 0.2) is 11.5 Å². The number of halogens is 2. The van der Waals surface area contributed by atoms with Gasteiger partial charge < -0.3 is 0 Å². The zero-order valence-corrected chi connectivity index (χ0v) is 18.5. The minimum atomic E-state index is -0.263. The predicted octanol–water partition coefficient (Wildman–Crippen LogP) is 5.01. The lowest BCUT2D eigenvalue weighted by Gasteiger charge is -2.11. The van der Waals surface area contributed by atoms with Gasteiger partial charge in [-0.2, -0.15) is 4.52 Å². The van der Waals surface area contributed by atoms with Crippen LogP contribution < -0.4 is 5.69 Å². The molecule has 154 valence electrons. The third-order valence-corrected chi connectivity index (χ3v) is 7.71. The molecule has 1 aromatic carbocycles. The van der Waals surface area contributed by atoms with E-state index >= 15 is 0 Å². The Morgan fingerprint density at radius 1 is 1.10 bits per heavy atom. The van der Waals surface area contributed by atoms with Crippen LogP contribution in [0.2, 0.25) is 10.0 Å². The zero-order chi connectivity index (χ0) is 21.1. The van der Waals surface area contributed by atoms with Gasteiger partial charge >= 0.3 is 5.69 Å². The fraction of sp³-hybridized carbons (Fsp3) is 0.182. The number of rotatable bonds is 3. The molecule has 0 saturated heterocycles. The summed E-state index contributed by atoms with van der Waals surface area (Å²) >= 11 is 14.5. The molecule has 0 spiro atoms. The maximum Gasteiger partial charge on any atom is 0.352 e. The van der Waals surface area contributed by atoms with Crippen molar-refractivity contribution in [2.45, 2.75) is 25.8 Å². The van der Waals surface area contributed by atoms with E-state index in [2.05, 4.69) is 10.1 Å². The van der Waals surface area contributed by atoms with E-state index in [1.165, 1.54) is 15.0 Å². The molecule has 1 aliphatic rings. The summed E-state index contributed by atoms with van der Waals surface area (Å²) in [6.07, 6.45) is 6.51. The molecule has 0 amide bonds. The SMILES string of the molecule is O=c1n(Cc2c(Cl)cccc2Cl)c2sc3c(c2c2nc(-c4cccnc4)nn12)CCC3. The number of aromatic nitrogens is 5. The van der Waals surface area contributed by atoms with Gasteiger partial charge in [-0.1, -0.05) is 29.3 Å². The van der Waals surface area contributed by atoms with E-state index < -0.39 is 0 Å². The van der Waals surface area contributed by atoms with Gasteiger partial charge in [-0.3, -0.25) is 9.55 Å². The topological polar surface area (TPSA) is 65.1 Å². The van der Waals surface area contributed by atoms with Crippen molar-refractivity contribution in [3.05, 3.63) is 79.3 Å². The molecule has 0 saturated carbocycles. The summed E-state index contributed by atoms with van der Waals surface area (Å²) in [6.45, 7) is 0.269. The summed E-state index contributed by atoms with van der Waals surface area (Å²) in [4.78, 5) is 24.7. The minimum absolute atomic E-state index is 0.263. The maximum atomic E-state index is 13.6. The first-order valence-corrected chi connectivity index (χ1v) is 11.5. The molecule has 1 aliphatic carbocycles. The van der Waals surface area contributed by atoms with Crippen LogP contribution in [-0.4, -0.2) is 24.1 Å². The fourth-order valence-corrected chi connectivity index (χ4v) is 6.11. The zero-order valence-electron chi connectivity index (χ0n) is 16.2. The average molecular weight is 468 g/mol. The first kappa shape index (κ1) is 19.0. The molecule has 0 fully saturated rings. The van der Waals surface area contributed by atoms with Crippen molar-refractivity contribution in [2.75, 3.05) is 0 Å². The van der Waals surface area contributed by atoms with Crippen molar-refractivity contribution in [3.63, 3.8) is 0 Å². The van der Waals surface area contributed by atoms with Gasteiger partial charge in [0.25, 0.3) is 0 Å². The highest BCUT2D eigenvalue weighted by Crippen LogP contribution is 2.39. The van der Waals surface area contributed by atoms with Crippen LogP contribution in [0.15, 0.2) is 47.5 Å². The van der Waals surface area contributed by atoms with E-state index in [9.17, 15) is 4.79 Å². The van der Waals surface area contributed by atoms with E-state index in [0.717, 1.165) is 40.6 Å². The summed E-state index contributed by atoms with van der Waals surface area (Å²) < 4.78 is 3.13. The van der Waals surface area contributed by atoms with Crippen LogP contribution in [-0.2, 0) is 19.4 Å². The number of pyridine rings is 1. The van der Waals surface area contributed by atoms with E-state index in [0.29, 0.717) is 21.5 Å². The van der Waals surface area contributed by atoms with Gasteiger partial charge in [0.1, 0.15) is 4.83 Å². The van der Waals surface area contributed by atoms with Crippen LogP contribution in [0.4, 0.5) is 0 Å². The molecule has 0 unspecified atom stereocenters. The number of hydrogen-bond donors (Lipinski definition) is 0. The van der Waals surface area contributed by atoms with Crippen molar-refractivity contribution in [1.29, 1.82) is 0 Å². The largest absolute Gasteiger partial charge is 0.352 e. The molecule has 5 aromatic rings. The molecule has 4 aromatic heterocycles. The molecule has 0 aliphatic heterocycles. The van der Waals surface area contributed by atoms with Crippen molar-refractivity contribution in [1.82, 2.24) is 24.1 Å². The second-order valence-electron chi connectivity index (χ2n) is 7.52. The summed E-state index contributed by atoms with van der Waals surface area (Å²) in [7, 11) is 0. The Labute approximate surface area is 190 Å². The highest BCUT2D eigenvalue weighted by atomic mass is 35.5. The summed E-state index contributed by atoms with van der Waals surface area (Å²) in [6, 6.07) is 9.09. The molecule has 0 atom stereocenters. The Balaban J connectivity index is 1.67. The maximum absolute atomic E-state index is 13.6. The van der Waals surface area contributed by atoms with Gasteiger partial charge in [-0.05, 0) is 49.1 Å². The summed E-state index contributed by atoms with van der Waals surface area (Å²) in [5.41, 5.74) is 3.09. The first-order valence-electron chi connectivity index (χ1n) is 9.89. The van der Waals surface area contributed by atoms with Gasteiger partial charge in [-0.25, -0.2) is 9.78 Å². The highest BCUT2D eigenvalue weighted by molar-refractivity contribution is 7.19. The number of fused-ring (bicyclic) bond motifs is 5. The number of nitrogens with zero attached hydrogens (tertiary/aromatic N) is 5. The normalized spacial score (nSPS) is 13.4. The molecule has 0 radical (unpaired) electrons. The van der Waals surface area contributed by atoms with Gasteiger partial charge in [0.2, 0.25) is 0 Å². The van der Waals surface area contributed by atoms with Crippen LogP contribution >= 0.6 is 34.5 Å². The second kappa shape index (κ2) is 7.15. The highest BCUT2D eigenvalue weighted by Gasteiger charge is 2.26. The van der Waals surface area contributed by atoms with Crippen molar-refractivity contribution in [2.24, 2.45) is 0 Å². The van der Waals surface area contributed by atoms with E-state index in [1.807, 2.05) is 12.1 Å². The third-order valence-electron chi connectivity index (χ3n) is 5.69. The van der Waals surface area contributed by atoms with Crippen LogP contribution in [0.25, 0.3) is 27.3 Å². The van der Waals surface area contributed by atoms with Gasteiger partial charge in [0.05, 0.1) is 11.9 Å². The monoisotopic (exact) mass is 467 g/mol. The Bertz CT molecular complexity index is 1520. The quantitative estimate of drug-likeness (QED) is 0.373. The Morgan fingerprint density at radius 2 is 1.94 bits per heavy atom. The van der Waals surface area contributed by atoms with Gasteiger partial charge in [-0.15, -0.1) is 16.4 Å². The lowest BCUT2D eigenvalue weighted by molar-refractivity contribution is 0.720. The Morgan fingerprint density at radius 3 is 2.71 bits per heavy atom. The molecule has 9 heteroatoms. The number of thiophene rings is 1. The van der Waals surface area contributed by atoms with Crippen LogP contribution in [0, 0.1) is 0 Å². The minimum Gasteiger partial charge on any atom is -0.278 e. The molecular weight excluding hydrogens is 453 g/mol. The standard InChI is InChI=1S/C22H15Cl2N5OS/c23-15-6-2-7-16(24)14(15)11-28-21-18(13-5-1-8-17(13)31-21)20-26-19(27-29(20)22(28)30)12-4-3-9-25-10-12/h2-4,6-7,9-10H,1,5,8,11H2. The molecule has 4 heterocycles. The lowest BCUT2D eigenvalue weighted by atomic mass is 10.2. The number of hydrogen-bond acceptors (Lipinski definition) is 5. The summed E-state index contributed by atoms with van der Waals surface area (Å²) in [5.74, 6) is 0.484. The smallest absolute Gasteiger partial charge is 0.278 e. The molecule has 6 nitrogen and oxygen atoms in total. The van der Waals surface area contributed by atoms with Crippen molar-refractivity contribution >= 4 is 50.4 Å². The second-order valence-corrected chi connectivity index (χ2v) is 9.42. The van der Waals surface area contributed by atoms with Crippen LogP contribution in [0.1, 0.15) is 22.4 Å². The van der Waals surface area contributed by atoms with Crippen LogP contribution in [0.5, 0.6) is 0 Å². The molecule has 0 N–H and O–H groups in total. The van der Waals surface area contributed by atoms with E-state index in [1.54, 1.807) is 46.5 Å². The lowest BCUT2D eigenvalue weighted by Crippen LogP contribution is -2.28. The fourth-order valence-electron chi connectivity index (χ4n) is 4.22. The van der Waals surface area contributed by atoms with Crippen molar-refractivity contribution < 1.29 is 0 Å². The van der Waals surface area contributed by atoms with E-state index in [4.69, 9.17) is 28.2 Å². The predicted molar refractivity (Wildman–Crippen MR) is 123 cm³/mol. The molecular formula is C22H15Cl2N5OS. The first-order chi connectivity index (χ1) is 15.1. The Hall–Kier alpha value is -2.74. The molecule has 6 rings (SSSR count). The molecule has 0 bridgehead atoms. The third kappa shape index (κ3) is 2.91. The number of aryl methyl sites for hydroxylation is 2. The Kier molecular flexibility index (Phi) is 4.38. The van der Waals surface area contributed by atoms with Crippen LogP contribution in [0.3, 0.4) is 0 Å². The summed E-state index contributed by atoms with van der Waals surface area (Å²) in [5, 5.41) is 6.63.